The average molecular weight is 312 g/mol. The van der Waals surface area contributed by atoms with Crippen molar-refractivity contribution in [1.29, 1.82) is 0 Å². The minimum atomic E-state index is -0.888. The molecule has 1 aromatic carbocycles. The van der Waals surface area contributed by atoms with Crippen LogP contribution in [-0.2, 0) is 0 Å². The van der Waals surface area contributed by atoms with Crippen LogP contribution in [-0.4, -0.2) is 23.7 Å². The molecule has 0 radical (unpaired) electrons. The van der Waals surface area contributed by atoms with Crippen LogP contribution in [0.2, 0.25) is 0 Å². The first-order valence-corrected chi connectivity index (χ1v) is 7.08. The van der Waals surface area contributed by atoms with Gasteiger partial charge in [0.25, 0.3) is 0 Å². The molecule has 1 N–H and O–H groups in total. The molecular formula is C14H18BrNO2. The quantitative estimate of drug-likeness (QED) is 0.899. The first-order chi connectivity index (χ1) is 8.49. The molecule has 1 fully saturated rings. The molecule has 1 aliphatic carbocycles. The van der Waals surface area contributed by atoms with Crippen molar-refractivity contribution in [3.05, 3.63) is 28.2 Å². The summed E-state index contributed by atoms with van der Waals surface area (Å²) in [7, 11) is 0. The minimum Gasteiger partial charge on any atom is -0.478 e. The smallest absolute Gasteiger partial charge is 0.335 e. The van der Waals surface area contributed by atoms with Gasteiger partial charge in [0, 0.05) is 17.1 Å². The fourth-order valence-electron chi connectivity index (χ4n) is 2.04. The second-order valence-corrected chi connectivity index (χ2v) is 6.02. The Bertz CT molecular complexity index is 455. The molecule has 0 amide bonds. The summed E-state index contributed by atoms with van der Waals surface area (Å²) in [5, 5.41) is 8.97. The Balaban J connectivity index is 2.26. The van der Waals surface area contributed by atoms with E-state index >= 15 is 0 Å². The number of aromatic carboxylic acids is 1. The lowest BCUT2D eigenvalue weighted by atomic mass is 10.1. The summed E-state index contributed by atoms with van der Waals surface area (Å²) in [6, 6.07) is 5.66. The molecule has 1 aromatic rings. The van der Waals surface area contributed by atoms with Crippen LogP contribution < -0.4 is 4.90 Å². The van der Waals surface area contributed by atoms with Gasteiger partial charge in [-0.05, 0) is 66.7 Å². The molecule has 98 valence electrons. The third kappa shape index (κ3) is 3.05. The normalized spacial score (nSPS) is 14.9. The van der Waals surface area contributed by atoms with Crippen LogP contribution in [0.3, 0.4) is 0 Å². The predicted molar refractivity (Wildman–Crippen MR) is 76.3 cm³/mol. The molecule has 0 aliphatic heterocycles. The first kappa shape index (κ1) is 13.4. The van der Waals surface area contributed by atoms with Gasteiger partial charge in [-0.15, -0.1) is 0 Å². The van der Waals surface area contributed by atoms with Gasteiger partial charge in [0.2, 0.25) is 0 Å². The summed E-state index contributed by atoms with van der Waals surface area (Å²) in [6.07, 6.45) is 2.63. The van der Waals surface area contributed by atoms with E-state index < -0.39 is 5.97 Å². The number of carboxylic acid groups (broad SMARTS) is 1. The van der Waals surface area contributed by atoms with Gasteiger partial charge in [-0.2, -0.15) is 0 Å². The molecule has 0 aromatic heterocycles. The van der Waals surface area contributed by atoms with Gasteiger partial charge >= 0.3 is 5.97 Å². The average Bonchev–Trinajstić information content (AvgIpc) is 3.09. The van der Waals surface area contributed by atoms with E-state index in [0.29, 0.717) is 11.6 Å². The number of hydrogen-bond donors (Lipinski definition) is 1. The van der Waals surface area contributed by atoms with E-state index in [1.807, 2.05) is 6.07 Å². The van der Waals surface area contributed by atoms with Gasteiger partial charge in [0.15, 0.2) is 0 Å². The molecule has 4 heteroatoms. The zero-order valence-electron chi connectivity index (χ0n) is 10.7. The molecule has 2 rings (SSSR count). The molecule has 18 heavy (non-hydrogen) atoms. The highest BCUT2D eigenvalue weighted by Gasteiger charge is 2.26. The maximum atomic E-state index is 10.9. The fraction of sp³-hybridized carbons (Fsp3) is 0.500. The van der Waals surface area contributed by atoms with E-state index in [0.717, 1.165) is 22.6 Å². The van der Waals surface area contributed by atoms with Gasteiger partial charge in [0.1, 0.15) is 0 Å². The number of rotatable bonds is 5. The van der Waals surface area contributed by atoms with E-state index in [1.54, 1.807) is 12.1 Å². The monoisotopic (exact) mass is 311 g/mol. The second kappa shape index (κ2) is 5.31. The maximum absolute atomic E-state index is 10.9. The molecule has 0 atom stereocenters. The van der Waals surface area contributed by atoms with Crippen LogP contribution in [0.15, 0.2) is 22.7 Å². The zero-order chi connectivity index (χ0) is 13.3. The number of anilines is 1. The first-order valence-electron chi connectivity index (χ1n) is 6.28. The van der Waals surface area contributed by atoms with E-state index in [4.69, 9.17) is 5.11 Å². The van der Waals surface area contributed by atoms with Gasteiger partial charge in [-0.3, -0.25) is 0 Å². The van der Waals surface area contributed by atoms with Crippen LogP contribution in [0.25, 0.3) is 0 Å². The summed E-state index contributed by atoms with van der Waals surface area (Å²) >= 11 is 3.49. The summed E-state index contributed by atoms with van der Waals surface area (Å²) in [6.45, 7) is 5.39. The zero-order valence-corrected chi connectivity index (χ0v) is 12.3. The second-order valence-electron chi connectivity index (χ2n) is 5.16. The Morgan fingerprint density at radius 3 is 2.61 bits per heavy atom. The number of benzene rings is 1. The van der Waals surface area contributed by atoms with Crippen molar-refractivity contribution >= 4 is 27.6 Å². The Morgan fingerprint density at radius 2 is 2.17 bits per heavy atom. The maximum Gasteiger partial charge on any atom is 0.335 e. The van der Waals surface area contributed by atoms with Crippen molar-refractivity contribution in [2.75, 3.05) is 11.4 Å². The van der Waals surface area contributed by atoms with E-state index in [1.165, 1.54) is 12.8 Å². The lowest BCUT2D eigenvalue weighted by Crippen LogP contribution is -2.33. The van der Waals surface area contributed by atoms with Crippen LogP contribution in [0, 0.1) is 5.92 Å². The fourth-order valence-corrected chi connectivity index (χ4v) is 2.65. The van der Waals surface area contributed by atoms with Crippen LogP contribution in [0.4, 0.5) is 5.69 Å². The number of carbonyl (C=O) groups is 1. The SMILES string of the molecule is CC(C)N(CC1CC1)c1ccc(C(=O)O)cc1Br. The lowest BCUT2D eigenvalue weighted by molar-refractivity contribution is 0.0697. The highest BCUT2D eigenvalue weighted by atomic mass is 79.9. The summed E-state index contributed by atoms with van der Waals surface area (Å²) in [5.74, 6) is -0.0843. The van der Waals surface area contributed by atoms with Crippen LogP contribution in [0.1, 0.15) is 37.0 Å². The van der Waals surface area contributed by atoms with Gasteiger partial charge in [-0.1, -0.05) is 0 Å². The van der Waals surface area contributed by atoms with Crippen molar-refractivity contribution in [2.24, 2.45) is 5.92 Å². The lowest BCUT2D eigenvalue weighted by Gasteiger charge is -2.30. The molecule has 3 nitrogen and oxygen atoms in total. The third-order valence-corrected chi connectivity index (χ3v) is 3.91. The highest BCUT2D eigenvalue weighted by molar-refractivity contribution is 9.10. The Hall–Kier alpha value is -1.03. The topological polar surface area (TPSA) is 40.5 Å². The largest absolute Gasteiger partial charge is 0.478 e. The molecule has 1 saturated carbocycles. The molecule has 0 bridgehead atoms. The Morgan fingerprint density at radius 1 is 1.50 bits per heavy atom. The summed E-state index contributed by atoms with van der Waals surface area (Å²) < 4.78 is 0.858. The predicted octanol–water partition coefficient (Wildman–Crippen LogP) is 3.77. The van der Waals surface area contributed by atoms with Gasteiger partial charge < -0.3 is 10.0 Å². The number of nitrogens with zero attached hydrogens (tertiary/aromatic N) is 1. The molecule has 0 spiro atoms. The Kier molecular flexibility index (Phi) is 3.95. The minimum absolute atomic E-state index is 0.320. The van der Waals surface area contributed by atoms with E-state index in [2.05, 4.69) is 34.7 Å². The van der Waals surface area contributed by atoms with Crippen molar-refractivity contribution in [1.82, 2.24) is 0 Å². The standard InChI is InChI=1S/C14H18BrNO2/c1-9(2)16(8-10-3-4-10)13-6-5-11(14(17)18)7-12(13)15/h5-7,9-10H,3-4,8H2,1-2H3,(H,17,18). The molecule has 1 aliphatic rings. The van der Waals surface area contributed by atoms with Crippen molar-refractivity contribution < 1.29 is 9.90 Å². The molecule has 0 heterocycles. The molecular weight excluding hydrogens is 294 g/mol. The van der Waals surface area contributed by atoms with Crippen LogP contribution in [0.5, 0.6) is 0 Å². The van der Waals surface area contributed by atoms with E-state index in [9.17, 15) is 4.79 Å². The van der Waals surface area contributed by atoms with Crippen molar-refractivity contribution in [2.45, 2.75) is 32.7 Å². The molecule has 0 saturated heterocycles. The third-order valence-electron chi connectivity index (χ3n) is 3.28. The summed E-state index contributed by atoms with van der Waals surface area (Å²) in [5.41, 5.74) is 1.41. The van der Waals surface area contributed by atoms with Crippen LogP contribution >= 0.6 is 15.9 Å². The van der Waals surface area contributed by atoms with Gasteiger partial charge in [0.05, 0.1) is 11.3 Å². The van der Waals surface area contributed by atoms with E-state index in [-0.39, 0.29) is 0 Å². The van der Waals surface area contributed by atoms with Crippen molar-refractivity contribution in [3.8, 4) is 0 Å². The highest BCUT2D eigenvalue weighted by Crippen LogP contribution is 2.35. The van der Waals surface area contributed by atoms with Gasteiger partial charge in [-0.25, -0.2) is 4.79 Å². The number of hydrogen-bond acceptors (Lipinski definition) is 2. The molecule has 0 unspecified atom stereocenters. The number of halogens is 1. The number of carboxylic acids is 1. The summed E-state index contributed by atoms with van der Waals surface area (Å²) in [4.78, 5) is 13.3. The Labute approximate surface area is 116 Å². The van der Waals surface area contributed by atoms with Crippen molar-refractivity contribution in [3.63, 3.8) is 0 Å².